The minimum Gasteiger partial charge on any atom is -0.372 e. The van der Waals surface area contributed by atoms with Crippen molar-refractivity contribution in [3.05, 3.63) is 35.2 Å². The van der Waals surface area contributed by atoms with Gasteiger partial charge >= 0.3 is 0 Å². The monoisotopic (exact) mass is 433 g/mol. The maximum atomic E-state index is 14.0. The average molecular weight is 434 g/mol. The Morgan fingerprint density at radius 3 is 2.87 bits per heavy atom. The van der Waals surface area contributed by atoms with Crippen LogP contribution in [0.4, 0.5) is 4.39 Å². The number of alkyl halides is 2. The van der Waals surface area contributed by atoms with Crippen molar-refractivity contribution < 1.29 is 9.18 Å². The zero-order chi connectivity index (χ0) is 21.8. The normalized spacial score (nSPS) is 33.8. The van der Waals surface area contributed by atoms with Gasteiger partial charge in [-0.1, -0.05) is 6.08 Å². The molecule has 6 nitrogen and oxygen atoms in total. The number of primary amides is 1. The van der Waals surface area contributed by atoms with Crippen LogP contribution in [0.5, 0.6) is 0 Å². The van der Waals surface area contributed by atoms with E-state index in [1.165, 1.54) is 0 Å². The third-order valence-corrected chi connectivity index (χ3v) is 6.68. The molecule has 3 aliphatic rings. The highest BCUT2D eigenvalue weighted by atomic mass is 35.5. The first-order valence-electron chi connectivity index (χ1n) is 10.4. The molecular weight excluding hydrogens is 405 g/mol. The van der Waals surface area contributed by atoms with E-state index in [4.69, 9.17) is 17.3 Å². The highest BCUT2D eigenvalue weighted by Gasteiger charge is 2.34. The molecule has 0 aromatic carbocycles. The zero-order valence-electron chi connectivity index (χ0n) is 17.4. The number of nitriles is 1. The predicted octanol–water partition coefficient (Wildman–Crippen LogP) is 2.96. The van der Waals surface area contributed by atoms with Gasteiger partial charge in [0.05, 0.1) is 28.6 Å². The van der Waals surface area contributed by atoms with Gasteiger partial charge in [-0.2, -0.15) is 5.26 Å². The Labute approximate surface area is 182 Å². The Bertz CT molecular complexity index is 843. The fraction of sp³-hybridized carbons (Fsp3) is 0.591. The topological polar surface area (TPSA) is 94.5 Å². The summed E-state index contributed by atoms with van der Waals surface area (Å²) in [4.78, 5) is 19.0. The molecule has 0 bridgehead atoms. The van der Waals surface area contributed by atoms with Crippen LogP contribution in [0.15, 0.2) is 40.2 Å². The van der Waals surface area contributed by atoms with Crippen LogP contribution >= 0.6 is 11.6 Å². The Kier molecular flexibility index (Phi) is 7.32. The van der Waals surface area contributed by atoms with Crippen LogP contribution in [-0.4, -0.2) is 53.7 Å². The van der Waals surface area contributed by atoms with Gasteiger partial charge in [-0.25, -0.2) is 4.39 Å². The molecule has 1 amide bonds. The molecule has 1 heterocycles. The minimum atomic E-state index is -1.21. The van der Waals surface area contributed by atoms with E-state index >= 15 is 0 Å². The van der Waals surface area contributed by atoms with Crippen molar-refractivity contribution in [2.24, 2.45) is 16.6 Å². The van der Waals surface area contributed by atoms with E-state index in [1.54, 1.807) is 18.4 Å². The lowest BCUT2D eigenvalue weighted by Crippen LogP contribution is -2.45. The van der Waals surface area contributed by atoms with Crippen molar-refractivity contribution in [3.63, 3.8) is 0 Å². The van der Waals surface area contributed by atoms with E-state index in [9.17, 15) is 14.4 Å². The predicted molar refractivity (Wildman–Crippen MR) is 117 cm³/mol. The molecule has 1 aliphatic heterocycles. The highest BCUT2D eigenvalue weighted by molar-refractivity contribution is 6.23. The first kappa shape index (κ1) is 22.5. The second-order valence-electron chi connectivity index (χ2n) is 8.25. The molecular formula is C22H29ClFN5O. The molecule has 1 fully saturated rings. The second-order valence-corrected chi connectivity index (χ2v) is 8.76. The van der Waals surface area contributed by atoms with E-state index in [-0.39, 0.29) is 18.4 Å². The molecule has 3 rings (SSSR count). The summed E-state index contributed by atoms with van der Waals surface area (Å²) < 4.78 is 14.0. The lowest BCUT2D eigenvalue weighted by Gasteiger charge is -2.39. The van der Waals surface area contributed by atoms with Crippen molar-refractivity contribution >= 4 is 23.2 Å². The first-order valence-corrected chi connectivity index (χ1v) is 10.9. The maximum Gasteiger partial charge on any atom is 0.252 e. The van der Waals surface area contributed by atoms with Crippen LogP contribution in [0.1, 0.15) is 39.0 Å². The van der Waals surface area contributed by atoms with E-state index in [0.717, 1.165) is 24.8 Å². The number of carbonyl (C=O) groups is 1. The van der Waals surface area contributed by atoms with Gasteiger partial charge in [-0.3, -0.25) is 9.79 Å². The average Bonchev–Trinajstić information content (AvgIpc) is 2.89. The molecule has 3 N–H and O–H groups in total. The summed E-state index contributed by atoms with van der Waals surface area (Å²) in [5.41, 5.74) is 7.99. The summed E-state index contributed by atoms with van der Waals surface area (Å²) in [7, 11) is 1.92. The van der Waals surface area contributed by atoms with Crippen LogP contribution in [0, 0.1) is 17.2 Å². The molecule has 8 heteroatoms. The van der Waals surface area contributed by atoms with Crippen LogP contribution < -0.4 is 11.1 Å². The van der Waals surface area contributed by atoms with Crippen molar-refractivity contribution in [1.29, 1.82) is 5.26 Å². The number of allylic oxidation sites excluding steroid dienone is 2. The number of nitrogens with one attached hydrogen (secondary N) is 1. The van der Waals surface area contributed by atoms with Crippen LogP contribution in [0.25, 0.3) is 0 Å². The molecule has 162 valence electrons. The van der Waals surface area contributed by atoms with E-state index in [1.807, 2.05) is 14.0 Å². The zero-order valence-corrected chi connectivity index (χ0v) is 18.2. The third kappa shape index (κ3) is 4.93. The molecule has 2 aliphatic carbocycles. The largest absolute Gasteiger partial charge is 0.372 e. The number of carbonyl (C=O) groups excluding carboxylic acids is 1. The number of hydrogen-bond donors (Lipinski definition) is 2. The summed E-state index contributed by atoms with van der Waals surface area (Å²) in [6, 6.07) is 2.80. The Hall–Kier alpha value is -2.17. The number of nitrogens with zero attached hydrogens (tertiary/aromatic N) is 3. The summed E-state index contributed by atoms with van der Waals surface area (Å²) in [5.74, 6) is -0.714. The molecule has 1 saturated carbocycles. The molecule has 5 unspecified atom stereocenters. The highest BCUT2D eigenvalue weighted by Crippen LogP contribution is 2.33. The Balaban J connectivity index is 1.92. The lowest BCUT2D eigenvalue weighted by atomic mass is 9.81. The lowest BCUT2D eigenvalue weighted by molar-refractivity contribution is -0.114. The van der Waals surface area contributed by atoms with Crippen molar-refractivity contribution in [2.75, 3.05) is 13.6 Å². The summed E-state index contributed by atoms with van der Waals surface area (Å²) in [6.45, 7) is 2.60. The molecule has 30 heavy (non-hydrogen) atoms. The molecule has 0 spiro atoms. The number of hydrogen-bond acceptors (Lipinski definition) is 5. The van der Waals surface area contributed by atoms with Gasteiger partial charge in [-0.15, -0.1) is 11.6 Å². The fourth-order valence-electron chi connectivity index (χ4n) is 4.42. The van der Waals surface area contributed by atoms with Crippen molar-refractivity contribution in [2.45, 2.75) is 62.7 Å². The molecule has 0 saturated heterocycles. The van der Waals surface area contributed by atoms with Gasteiger partial charge in [-0.05, 0) is 51.3 Å². The standard InChI is InChI=1S/C22H29ClFN5O/c1-13-7-8-29(20-6-4-15(27-2)9-14(20)11-25)12-17(22(26)30)21(13)28-16-3-5-18(23)19(24)10-16/h3,5,12,14-15,18-20,27H,4,6-10H2,1-2H3,(H2,26,30). The quantitative estimate of drug-likeness (QED) is 0.666. The summed E-state index contributed by atoms with van der Waals surface area (Å²) in [6.07, 6.45) is 7.23. The van der Waals surface area contributed by atoms with E-state index < -0.39 is 17.5 Å². The van der Waals surface area contributed by atoms with Gasteiger partial charge in [0.15, 0.2) is 0 Å². The first-order chi connectivity index (χ1) is 14.3. The van der Waals surface area contributed by atoms with Gasteiger partial charge < -0.3 is 16.0 Å². The Morgan fingerprint density at radius 2 is 2.23 bits per heavy atom. The molecule has 0 radical (unpaired) electrons. The molecule has 0 aromatic heterocycles. The number of amides is 1. The van der Waals surface area contributed by atoms with Crippen molar-refractivity contribution in [1.82, 2.24) is 10.2 Å². The van der Waals surface area contributed by atoms with E-state index in [0.29, 0.717) is 36.0 Å². The number of halogens is 2. The summed E-state index contributed by atoms with van der Waals surface area (Å²) >= 11 is 5.91. The van der Waals surface area contributed by atoms with Gasteiger partial charge in [0.25, 0.3) is 5.91 Å². The van der Waals surface area contributed by atoms with Crippen LogP contribution in [-0.2, 0) is 4.79 Å². The van der Waals surface area contributed by atoms with Crippen LogP contribution in [0.2, 0.25) is 0 Å². The third-order valence-electron chi connectivity index (χ3n) is 6.26. The minimum absolute atomic E-state index is 0.0237. The maximum absolute atomic E-state index is 14.0. The number of aliphatic imine (C=N–C) groups is 1. The fourth-order valence-corrected chi connectivity index (χ4v) is 4.58. The molecule has 0 aromatic rings. The summed E-state index contributed by atoms with van der Waals surface area (Å²) in [5, 5.41) is 12.3. The van der Waals surface area contributed by atoms with Gasteiger partial charge in [0.1, 0.15) is 6.17 Å². The second kappa shape index (κ2) is 9.76. The van der Waals surface area contributed by atoms with Crippen molar-refractivity contribution in [3.8, 4) is 6.07 Å². The number of rotatable bonds is 4. The van der Waals surface area contributed by atoms with Gasteiger partial charge in [0.2, 0.25) is 0 Å². The van der Waals surface area contributed by atoms with Gasteiger partial charge in [0, 0.05) is 37.0 Å². The van der Waals surface area contributed by atoms with Crippen LogP contribution in [0.3, 0.4) is 0 Å². The number of nitrogens with two attached hydrogens (primary N) is 1. The SMILES string of the molecule is CNC1CCC(N2C=C(C(N)=O)C(N=C3C=CC(Cl)C(F)C3)=C(C)CC2)C(C#N)C1. The van der Waals surface area contributed by atoms with E-state index in [2.05, 4.69) is 21.3 Å². The molecule has 5 atom stereocenters. The Morgan fingerprint density at radius 1 is 1.47 bits per heavy atom. The smallest absolute Gasteiger partial charge is 0.252 e.